The summed E-state index contributed by atoms with van der Waals surface area (Å²) < 4.78 is 10.4. The number of carbonyl (C=O) groups excluding carboxylic acids is 1. The molecule has 0 bridgehead atoms. The van der Waals surface area contributed by atoms with Gasteiger partial charge in [-0.1, -0.05) is 45.0 Å². The third-order valence-electron chi connectivity index (χ3n) is 4.20. The Morgan fingerprint density at radius 3 is 2.28 bits per heavy atom. The van der Waals surface area contributed by atoms with E-state index in [2.05, 4.69) is 20.8 Å². The van der Waals surface area contributed by atoms with E-state index in [1.807, 2.05) is 12.1 Å². The summed E-state index contributed by atoms with van der Waals surface area (Å²) in [7, 11) is 1.54. The Bertz CT molecular complexity index is 989. The van der Waals surface area contributed by atoms with Gasteiger partial charge in [-0.3, -0.25) is 4.79 Å². The predicted molar refractivity (Wildman–Crippen MR) is 97.6 cm³/mol. The first-order valence-electron chi connectivity index (χ1n) is 8.07. The molecule has 0 unspecified atom stereocenters. The minimum Gasteiger partial charge on any atom is -0.497 e. The normalized spacial score (nSPS) is 11.5. The van der Waals surface area contributed by atoms with E-state index in [9.17, 15) is 9.59 Å². The highest BCUT2D eigenvalue weighted by atomic mass is 16.5. The van der Waals surface area contributed by atoms with Gasteiger partial charge >= 0.3 is 5.63 Å². The molecule has 0 saturated heterocycles. The Labute approximate surface area is 146 Å². The van der Waals surface area contributed by atoms with Crippen LogP contribution in [0.1, 0.15) is 42.3 Å². The SMILES string of the molecule is COc1ccc2cc(C(=O)c3ccc(C(C)(C)C)cc3)c(=O)oc2c1. The van der Waals surface area contributed by atoms with E-state index in [4.69, 9.17) is 9.15 Å². The summed E-state index contributed by atoms with van der Waals surface area (Å²) in [5, 5.41) is 0.676. The minimum atomic E-state index is -0.648. The first-order chi connectivity index (χ1) is 11.8. The van der Waals surface area contributed by atoms with Gasteiger partial charge in [0.1, 0.15) is 16.9 Å². The van der Waals surface area contributed by atoms with Crippen molar-refractivity contribution in [2.24, 2.45) is 0 Å². The summed E-state index contributed by atoms with van der Waals surface area (Å²) >= 11 is 0. The number of rotatable bonds is 3. The van der Waals surface area contributed by atoms with E-state index >= 15 is 0 Å². The Morgan fingerprint density at radius 2 is 1.68 bits per heavy atom. The largest absolute Gasteiger partial charge is 0.497 e. The molecule has 2 aromatic carbocycles. The molecule has 0 aliphatic rings. The number of methoxy groups -OCH3 is 1. The molecule has 25 heavy (non-hydrogen) atoms. The predicted octanol–water partition coefficient (Wildman–Crippen LogP) is 4.33. The molecule has 4 heteroatoms. The van der Waals surface area contributed by atoms with E-state index in [1.54, 1.807) is 43.5 Å². The molecule has 0 fully saturated rings. The van der Waals surface area contributed by atoms with E-state index in [0.29, 0.717) is 22.3 Å². The van der Waals surface area contributed by atoms with Crippen molar-refractivity contribution in [1.29, 1.82) is 0 Å². The molecule has 0 aliphatic carbocycles. The van der Waals surface area contributed by atoms with Crippen LogP contribution in [0.2, 0.25) is 0 Å². The average molecular weight is 336 g/mol. The standard InChI is InChI=1S/C21H20O4/c1-21(2,3)15-8-5-13(6-9-15)19(22)17-11-14-7-10-16(24-4)12-18(14)25-20(17)23/h5-12H,1-4H3. The number of hydrogen-bond acceptors (Lipinski definition) is 4. The molecule has 0 amide bonds. The lowest BCUT2D eigenvalue weighted by Crippen LogP contribution is -2.15. The maximum absolute atomic E-state index is 12.7. The van der Waals surface area contributed by atoms with Crippen molar-refractivity contribution in [1.82, 2.24) is 0 Å². The third-order valence-corrected chi connectivity index (χ3v) is 4.20. The highest BCUT2D eigenvalue weighted by molar-refractivity contribution is 6.09. The van der Waals surface area contributed by atoms with Crippen LogP contribution >= 0.6 is 0 Å². The molecule has 3 aromatic rings. The van der Waals surface area contributed by atoms with Gasteiger partial charge in [-0.05, 0) is 29.2 Å². The molecule has 0 spiro atoms. The highest BCUT2D eigenvalue weighted by Crippen LogP contribution is 2.24. The van der Waals surface area contributed by atoms with Crippen LogP contribution in [0.3, 0.4) is 0 Å². The van der Waals surface area contributed by atoms with Crippen LogP contribution < -0.4 is 10.4 Å². The van der Waals surface area contributed by atoms with E-state index < -0.39 is 5.63 Å². The van der Waals surface area contributed by atoms with Crippen molar-refractivity contribution >= 4 is 16.8 Å². The van der Waals surface area contributed by atoms with E-state index in [0.717, 1.165) is 5.56 Å². The Hall–Kier alpha value is -2.88. The Morgan fingerprint density at radius 1 is 1.00 bits per heavy atom. The summed E-state index contributed by atoms with van der Waals surface area (Å²) in [6.07, 6.45) is 0. The number of carbonyl (C=O) groups is 1. The zero-order valence-electron chi connectivity index (χ0n) is 14.8. The van der Waals surface area contributed by atoms with Crippen molar-refractivity contribution in [2.45, 2.75) is 26.2 Å². The molecule has 0 saturated carbocycles. The lowest BCUT2D eigenvalue weighted by molar-refractivity contribution is 0.103. The molecule has 3 rings (SSSR count). The average Bonchev–Trinajstić information content (AvgIpc) is 2.59. The molecule has 0 aliphatic heterocycles. The topological polar surface area (TPSA) is 56.5 Å². The molecular weight excluding hydrogens is 316 g/mol. The van der Waals surface area contributed by atoms with Gasteiger partial charge in [-0.2, -0.15) is 0 Å². The summed E-state index contributed by atoms with van der Waals surface area (Å²) in [5.41, 5.74) is 1.37. The van der Waals surface area contributed by atoms with Crippen molar-refractivity contribution in [3.63, 3.8) is 0 Å². The fourth-order valence-corrected chi connectivity index (χ4v) is 2.65. The maximum Gasteiger partial charge on any atom is 0.347 e. The van der Waals surface area contributed by atoms with Crippen LogP contribution in [-0.4, -0.2) is 12.9 Å². The second-order valence-corrected chi connectivity index (χ2v) is 7.01. The maximum atomic E-state index is 12.7. The summed E-state index contributed by atoms with van der Waals surface area (Å²) in [6, 6.07) is 14.1. The van der Waals surface area contributed by atoms with Gasteiger partial charge in [-0.25, -0.2) is 4.79 Å². The number of fused-ring (bicyclic) bond motifs is 1. The van der Waals surface area contributed by atoms with Crippen molar-refractivity contribution in [3.05, 3.63) is 75.6 Å². The van der Waals surface area contributed by atoms with Crippen LogP contribution in [0.4, 0.5) is 0 Å². The lowest BCUT2D eigenvalue weighted by Gasteiger charge is -2.18. The van der Waals surface area contributed by atoms with Gasteiger partial charge in [0.05, 0.1) is 7.11 Å². The number of ketones is 1. The van der Waals surface area contributed by atoms with Gasteiger partial charge in [0, 0.05) is 17.0 Å². The van der Waals surface area contributed by atoms with E-state index in [1.165, 1.54) is 0 Å². The molecule has 128 valence electrons. The zero-order chi connectivity index (χ0) is 18.2. The quantitative estimate of drug-likeness (QED) is 0.528. The fourth-order valence-electron chi connectivity index (χ4n) is 2.65. The Balaban J connectivity index is 2.02. The van der Waals surface area contributed by atoms with Gasteiger partial charge in [0.2, 0.25) is 0 Å². The highest BCUT2D eigenvalue weighted by Gasteiger charge is 2.18. The summed E-state index contributed by atoms with van der Waals surface area (Å²) in [6.45, 7) is 6.32. The van der Waals surface area contributed by atoms with Gasteiger partial charge < -0.3 is 9.15 Å². The molecular formula is C21H20O4. The third kappa shape index (κ3) is 3.33. The van der Waals surface area contributed by atoms with Crippen LogP contribution in [0.5, 0.6) is 5.75 Å². The number of ether oxygens (including phenoxy) is 1. The first kappa shape index (κ1) is 17.0. The first-order valence-corrected chi connectivity index (χ1v) is 8.07. The fraction of sp³-hybridized carbons (Fsp3) is 0.238. The van der Waals surface area contributed by atoms with Gasteiger partial charge in [-0.15, -0.1) is 0 Å². The van der Waals surface area contributed by atoms with Crippen LogP contribution in [0, 0.1) is 0 Å². The second-order valence-electron chi connectivity index (χ2n) is 7.01. The minimum absolute atomic E-state index is 0.00259. The molecule has 0 N–H and O–H groups in total. The molecule has 1 aromatic heterocycles. The van der Waals surface area contributed by atoms with Crippen LogP contribution in [-0.2, 0) is 5.41 Å². The Kier molecular flexibility index (Phi) is 4.21. The number of benzene rings is 2. The summed E-state index contributed by atoms with van der Waals surface area (Å²) in [5.74, 6) is 0.249. The monoisotopic (exact) mass is 336 g/mol. The van der Waals surface area contributed by atoms with Crippen LogP contribution in [0.15, 0.2) is 57.7 Å². The smallest absolute Gasteiger partial charge is 0.347 e. The molecule has 0 atom stereocenters. The van der Waals surface area contributed by atoms with E-state index in [-0.39, 0.29) is 16.8 Å². The number of hydrogen-bond donors (Lipinski definition) is 0. The summed E-state index contributed by atoms with van der Waals surface area (Å²) in [4.78, 5) is 25.0. The van der Waals surface area contributed by atoms with Crippen molar-refractivity contribution in [3.8, 4) is 5.75 Å². The molecule has 4 nitrogen and oxygen atoms in total. The molecule has 0 radical (unpaired) electrons. The zero-order valence-corrected chi connectivity index (χ0v) is 14.8. The van der Waals surface area contributed by atoms with Crippen molar-refractivity contribution < 1.29 is 13.9 Å². The second kappa shape index (κ2) is 6.20. The van der Waals surface area contributed by atoms with Crippen LogP contribution in [0.25, 0.3) is 11.0 Å². The lowest BCUT2D eigenvalue weighted by atomic mass is 9.86. The van der Waals surface area contributed by atoms with Gasteiger partial charge in [0.15, 0.2) is 5.78 Å². The van der Waals surface area contributed by atoms with Crippen molar-refractivity contribution in [2.75, 3.05) is 7.11 Å². The van der Waals surface area contributed by atoms with Gasteiger partial charge in [0.25, 0.3) is 0 Å². The molecule has 1 heterocycles.